The molecule has 152 valence electrons. The Bertz CT molecular complexity index is 1010. The molecule has 0 aliphatic carbocycles. The van der Waals surface area contributed by atoms with Crippen LogP contribution in [0.5, 0.6) is 0 Å². The lowest BCUT2D eigenvalue weighted by Gasteiger charge is -2.15. The standard InChI is InChI=1S/C17H20BrN9O2/c1-3-26(4-2)10-13-14(21-25-27(13)16-15(19)23-29-24-16)17(28)22-20-9-11-7-5-6-8-12(11)18/h5-9H,3-4,10H2,1-2H3,(H2,19,23)(H,22,28)/p+1. The molecule has 0 aliphatic heterocycles. The maximum atomic E-state index is 12.7. The lowest BCUT2D eigenvalue weighted by Crippen LogP contribution is -3.10. The van der Waals surface area contributed by atoms with Crippen LogP contribution in [-0.2, 0) is 6.54 Å². The highest BCUT2D eigenvalue weighted by Crippen LogP contribution is 2.15. The van der Waals surface area contributed by atoms with Crippen LogP contribution >= 0.6 is 15.9 Å². The Morgan fingerprint density at radius 2 is 2.10 bits per heavy atom. The number of benzene rings is 1. The molecule has 0 unspecified atom stereocenters. The van der Waals surface area contributed by atoms with Crippen molar-refractivity contribution in [2.45, 2.75) is 20.4 Å². The van der Waals surface area contributed by atoms with Crippen molar-refractivity contribution in [3.05, 3.63) is 45.7 Å². The predicted molar refractivity (Wildman–Crippen MR) is 109 cm³/mol. The smallest absolute Gasteiger partial charge is 0.294 e. The minimum absolute atomic E-state index is 0.0598. The van der Waals surface area contributed by atoms with Crippen LogP contribution in [0.25, 0.3) is 5.82 Å². The summed E-state index contributed by atoms with van der Waals surface area (Å²) in [7, 11) is 0. The average molecular weight is 463 g/mol. The van der Waals surface area contributed by atoms with Gasteiger partial charge in [-0.05, 0) is 30.2 Å². The highest BCUT2D eigenvalue weighted by atomic mass is 79.9. The lowest BCUT2D eigenvalue weighted by molar-refractivity contribution is -0.910. The summed E-state index contributed by atoms with van der Waals surface area (Å²) in [5, 5.41) is 19.4. The van der Waals surface area contributed by atoms with E-state index in [1.165, 1.54) is 9.58 Å². The molecule has 0 aliphatic rings. The number of hydrogen-bond donors (Lipinski definition) is 3. The number of rotatable bonds is 8. The molecule has 2 aromatic heterocycles. The van der Waals surface area contributed by atoms with Crippen molar-refractivity contribution < 1.29 is 14.3 Å². The molecule has 1 aromatic carbocycles. The Hall–Kier alpha value is -3.12. The van der Waals surface area contributed by atoms with Gasteiger partial charge in [-0.25, -0.2) is 10.1 Å². The highest BCUT2D eigenvalue weighted by Gasteiger charge is 2.26. The number of amides is 1. The number of quaternary nitrogens is 1. The summed E-state index contributed by atoms with van der Waals surface area (Å²) in [5.41, 5.74) is 9.78. The van der Waals surface area contributed by atoms with Crippen LogP contribution in [0, 0.1) is 0 Å². The lowest BCUT2D eigenvalue weighted by atomic mass is 10.2. The largest absolute Gasteiger partial charge is 0.378 e. The molecule has 29 heavy (non-hydrogen) atoms. The number of carbonyl (C=O) groups is 1. The average Bonchev–Trinajstić information content (AvgIpc) is 3.33. The SMILES string of the molecule is CC[NH+](CC)Cc1c(C(=O)NN=Cc2ccccc2Br)nnn1-c1nonc1N. The fraction of sp³-hybridized carbons (Fsp3) is 0.294. The number of anilines is 1. The summed E-state index contributed by atoms with van der Waals surface area (Å²) in [6.45, 7) is 6.31. The van der Waals surface area contributed by atoms with E-state index >= 15 is 0 Å². The topological polar surface area (TPSA) is 142 Å². The number of nitrogens with two attached hydrogens (primary N) is 1. The molecule has 1 amide bonds. The maximum Gasteiger partial charge on any atom is 0.294 e. The zero-order valence-electron chi connectivity index (χ0n) is 16.0. The highest BCUT2D eigenvalue weighted by molar-refractivity contribution is 9.10. The van der Waals surface area contributed by atoms with Crippen LogP contribution in [0.4, 0.5) is 5.82 Å². The summed E-state index contributed by atoms with van der Waals surface area (Å²) in [5.74, 6) is -0.240. The monoisotopic (exact) mass is 462 g/mol. The van der Waals surface area contributed by atoms with Crippen molar-refractivity contribution in [3.8, 4) is 5.82 Å². The van der Waals surface area contributed by atoms with Gasteiger partial charge < -0.3 is 10.6 Å². The van der Waals surface area contributed by atoms with Gasteiger partial charge in [0.25, 0.3) is 5.91 Å². The van der Waals surface area contributed by atoms with Crippen molar-refractivity contribution >= 4 is 33.9 Å². The van der Waals surface area contributed by atoms with Gasteiger partial charge in [-0.15, -0.1) is 5.10 Å². The number of hydrogen-bond acceptors (Lipinski definition) is 8. The van der Waals surface area contributed by atoms with E-state index in [9.17, 15) is 4.79 Å². The molecule has 0 atom stereocenters. The summed E-state index contributed by atoms with van der Waals surface area (Å²) < 4.78 is 6.90. The first-order valence-electron chi connectivity index (χ1n) is 8.99. The quantitative estimate of drug-likeness (QED) is 0.320. The second-order valence-electron chi connectivity index (χ2n) is 6.12. The molecule has 11 nitrogen and oxygen atoms in total. The molecule has 0 radical (unpaired) electrons. The zero-order chi connectivity index (χ0) is 20.8. The van der Waals surface area contributed by atoms with E-state index in [-0.39, 0.29) is 17.3 Å². The first kappa shape index (κ1) is 20.6. The maximum absolute atomic E-state index is 12.7. The van der Waals surface area contributed by atoms with Gasteiger partial charge in [0.1, 0.15) is 12.2 Å². The molecule has 2 heterocycles. The third-order valence-corrected chi connectivity index (χ3v) is 5.09. The Kier molecular flexibility index (Phi) is 6.67. The van der Waals surface area contributed by atoms with Crippen molar-refractivity contribution in [1.29, 1.82) is 0 Å². The second kappa shape index (κ2) is 9.39. The molecule has 4 N–H and O–H groups in total. The van der Waals surface area contributed by atoms with Gasteiger partial charge in [0, 0.05) is 10.0 Å². The number of nitrogen functional groups attached to an aromatic ring is 1. The van der Waals surface area contributed by atoms with Crippen LogP contribution in [-0.4, -0.2) is 50.5 Å². The van der Waals surface area contributed by atoms with Crippen molar-refractivity contribution in [1.82, 2.24) is 30.7 Å². The zero-order valence-corrected chi connectivity index (χ0v) is 17.5. The molecule has 0 saturated carbocycles. The van der Waals surface area contributed by atoms with Crippen LogP contribution < -0.4 is 16.1 Å². The predicted octanol–water partition coefficient (Wildman–Crippen LogP) is 0.184. The van der Waals surface area contributed by atoms with E-state index in [1.807, 2.05) is 24.3 Å². The van der Waals surface area contributed by atoms with E-state index in [0.29, 0.717) is 12.2 Å². The Balaban J connectivity index is 1.87. The van der Waals surface area contributed by atoms with E-state index in [4.69, 9.17) is 5.73 Å². The summed E-state index contributed by atoms with van der Waals surface area (Å²) in [4.78, 5) is 13.9. The molecule has 0 spiro atoms. The number of carbonyl (C=O) groups excluding carboxylic acids is 1. The van der Waals surface area contributed by atoms with E-state index in [2.05, 4.69) is 65.6 Å². The first-order valence-corrected chi connectivity index (χ1v) is 9.78. The van der Waals surface area contributed by atoms with Gasteiger partial charge in [-0.3, -0.25) is 4.79 Å². The third kappa shape index (κ3) is 4.66. The van der Waals surface area contributed by atoms with Gasteiger partial charge in [-0.1, -0.05) is 39.3 Å². The number of nitrogens with zero attached hydrogens (tertiary/aromatic N) is 6. The number of halogens is 1. The summed E-state index contributed by atoms with van der Waals surface area (Å²) in [6, 6.07) is 7.52. The van der Waals surface area contributed by atoms with Crippen LogP contribution in [0.15, 0.2) is 38.5 Å². The van der Waals surface area contributed by atoms with E-state index < -0.39 is 5.91 Å². The Labute approximate surface area is 175 Å². The third-order valence-electron chi connectivity index (χ3n) is 4.37. The van der Waals surface area contributed by atoms with Crippen LogP contribution in [0.1, 0.15) is 35.6 Å². The molecule has 0 bridgehead atoms. The molecule has 3 rings (SSSR count). The molecule has 3 aromatic rings. The van der Waals surface area contributed by atoms with Gasteiger partial charge in [-0.2, -0.15) is 9.78 Å². The van der Waals surface area contributed by atoms with Crippen molar-refractivity contribution in [2.75, 3.05) is 18.8 Å². The summed E-state index contributed by atoms with van der Waals surface area (Å²) in [6.07, 6.45) is 1.54. The minimum Gasteiger partial charge on any atom is -0.378 e. The van der Waals surface area contributed by atoms with Crippen molar-refractivity contribution in [2.24, 2.45) is 5.10 Å². The van der Waals surface area contributed by atoms with Gasteiger partial charge in [0.15, 0.2) is 5.69 Å². The normalized spacial score (nSPS) is 11.4. The number of nitrogens with one attached hydrogen (secondary N) is 2. The second-order valence-corrected chi connectivity index (χ2v) is 6.98. The number of hydrazone groups is 1. The van der Waals surface area contributed by atoms with Crippen LogP contribution in [0.2, 0.25) is 0 Å². The minimum atomic E-state index is -0.490. The number of aromatic nitrogens is 5. The Morgan fingerprint density at radius 1 is 1.34 bits per heavy atom. The molecular formula is C17H21BrN9O2+. The van der Waals surface area contributed by atoms with Gasteiger partial charge in [0.05, 0.1) is 19.3 Å². The fourth-order valence-corrected chi connectivity index (χ4v) is 3.06. The van der Waals surface area contributed by atoms with Crippen molar-refractivity contribution in [3.63, 3.8) is 0 Å². The molecule has 0 saturated heterocycles. The van der Waals surface area contributed by atoms with E-state index in [0.717, 1.165) is 23.1 Å². The fourth-order valence-electron chi connectivity index (χ4n) is 2.67. The van der Waals surface area contributed by atoms with Crippen LogP contribution in [0.3, 0.4) is 0 Å². The van der Waals surface area contributed by atoms with Gasteiger partial charge in [0.2, 0.25) is 11.6 Å². The van der Waals surface area contributed by atoms with E-state index in [1.54, 1.807) is 6.21 Å². The molecule has 12 heteroatoms. The Morgan fingerprint density at radius 3 is 2.76 bits per heavy atom. The molecule has 0 fully saturated rings. The summed E-state index contributed by atoms with van der Waals surface area (Å²) >= 11 is 3.43. The van der Waals surface area contributed by atoms with Gasteiger partial charge >= 0.3 is 0 Å². The molecular weight excluding hydrogens is 442 g/mol. The first-order chi connectivity index (χ1) is 14.0.